The lowest BCUT2D eigenvalue weighted by Gasteiger charge is -2.18. The zero-order valence-corrected chi connectivity index (χ0v) is 13.2. The van der Waals surface area contributed by atoms with E-state index in [0.29, 0.717) is 0 Å². The van der Waals surface area contributed by atoms with Crippen molar-refractivity contribution in [2.75, 3.05) is 7.05 Å². The fourth-order valence-electron chi connectivity index (χ4n) is 1.77. The summed E-state index contributed by atoms with van der Waals surface area (Å²) in [5.74, 6) is -1.64. The van der Waals surface area contributed by atoms with Crippen molar-refractivity contribution in [1.82, 2.24) is 4.90 Å². The van der Waals surface area contributed by atoms with Crippen LogP contribution in [0.2, 0.25) is 10.0 Å². The average molecular weight is 361 g/mol. The maximum Gasteiger partial charge on any atom is 0.264 e. The highest BCUT2D eigenvalue weighted by molar-refractivity contribution is 8.14. The molecule has 0 aliphatic heterocycles. The van der Waals surface area contributed by atoms with Gasteiger partial charge in [-0.3, -0.25) is 4.79 Å². The standard InChI is InChI=1S/C11H9Cl3FNO3S/c1-16(5-2-3-5)11(17)6-4-7(15)9(13)10(8(6)12)20(14,18)19/h4-5H,2-3H2,1H3. The van der Waals surface area contributed by atoms with Gasteiger partial charge in [0.15, 0.2) is 0 Å². The summed E-state index contributed by atoms with van der Waals surface area (Å²) in [6, 6.07) is 0.880. The van der Waals surface area contributed by atoms with Gasteiger partial charge in [-0.05, 0) is 18.9 Å². The molecular weight excluding hydrogens is 352 g/mol. The lowest BCUT2D eigenvalue weighted by Crippen LogP contribution is -2.29. The second-order valence-corrected chi connectivity index (χ2v) is 7.71. The molecule has 0 unspecified atom stereocenters. The summed E-state index contributed by atoms with van der Waals surface area (Å²) in [5, 5.41) is -1.19. The molecule has 1 aromatic carbocycles. The van der Waals surface area contributed by atoms with E-state index in [1.54, 1.807) is 0 Å². The largest absolute Gasteiger partial charge is 0.339 e. The third kappa shape index (κ3) is 2.88. The number of nitrogens with zero attached hydrogens (tertiary/aromatic N) is 1. The fraction of sp³-hybridized carbons (Fsp3) is 0.364. The summed E-state index contributed by atoms with van der Waals surface area (Å²) in [4.78, 5) is 12.8. The van der Waals surface area contributed by atoms with Gasteiger partial charge < -0.3 is 4.90 Å². The number of halogens is 4. The van der Waals surface area contributed by atoms with E-state index < -0.39 is 35.7 Å². The Bertz CT molecular complexity index is 689. The van der Waals surface area contributed by atoms with Gasteiger partial charge in [0.05, 0.1) is 15.6 Å². The van der Waals surface area contributed by atoms with Crippen molar-refractivity contribution in [3.05, 3.63) is 27.5 Å². The van der Waals surface area contributed by atoms with Crippen LogP contribution in [0.25, 0.3) is 0 Å². The molecule has 4 nitrogen and oxygen atoms in total. The topological polar surface area (TPSA) is 54.5 Å². The molecule has 0 saturated heterocycles. The van der Waals surface area contributed by atoms with Gasteiger partial charge in [0, 0.05) is 23.8 Å². The van der Waals surface area contributed by atoms with Crippen LogP contribution in [-0.4, -0.2) is 32.3 Å². The Labute approximate surface area is 129 Å². The maximum absolute atomic E-state index is 13.7. The molecule has 110 valence electrons. The first-order chi connectivity index (χ1) is 9.14. The second kappa shape index (κ2) is 5.33. The van der Waals surface area contributed by atoms with E-state index in [2.05, 4.69) is 0 Å². The van der Waals surface area contributed by atoms with Crippen molar-refractivity contribution in [3.8, 4) is 0 Å². The van der Waals surface area contributed by atoms with Gasteiger partial charge in [0.2, 0.25) is 0 Å². The third-order valence-corrected chi connectivity index (χ3v) is 5.35. The van der Waals surface area contributed by atoms with Crippen molar-refractivity contribution >= 4 is 48.8 Å². The molecular formula is C11H9Cl3FNO3S. The SMILES string of the molecule is CN(C(=O)c1cc(F)c(Cl)c(S(=O)(=O)Cl)c1Cl)C1CC1. The smallest absolute Gasteiger partial charge is 0.264 e. The molecule has 1 aromatic rings. The molecule has 2 rings (SSSR count). The van der Waals surface area contributed by atoms with Crippen molar-refractivity contribution in [2.24, 2.45) is 0 Å². The number of rotatable bonds is 3. The predicted octanol–water partition coefficient (Wildman–Crippen LogP) is 3.29. The van der Waals surface area contributed by atoms with Gasteiger partial charge in [-0.25, -0.2) is 12.8 Å². The monoisotopic (exact) mass is 359 g/mol. The normalized spacial score (nSPS) is 15.2. The minimum Gasteiger partial charge on any atom is -0.339 e. The van der Waals surface area contributed by atoms with Gasteiger partial charge in [-0.2, -0.15) is 0 Å². The van der Waals surface area contributed by atoms with Crippen LogP contribution >= 0.6 is 33.9 Å². The van der Waals surface area contributed by atoms with Crippen LogP contribution in [0.5, 0.6) is 0 Å². The number of amides is 1. The fourth-order valence-corrected chi connectivity index (χ4v) is 4.14. The quantitative estimate of drug-likeness (QED) is 0.614. The summed E-state index contributed by atoms with van der Waals surface area (Å²) in [6.07, 6.45) is 1.69. The van der Waals surface area contributed by atoms with Crippen LogP contribution in [0.15, 0.2) is 11.0 Å². The molecule has 1 aliphatic rings. The van der Waals surface area contributed by atoms with Gasteiger partial charge >= 0.3 is 0 Å². The molecule has 0 spiro atoms. The molecule has 0 heterocycles. The Kier molecular flexibility index (Phi) is 4.22. The van der Waals surface area contributed by atoms with Crippen LogP contribution in [0.3, 0.4) is 0 Å². The molecule has 20 heavy (non-hydrogen) atoms. The van der Waals surface area contributed by atoms with Crippen LogP contribution in [0.1, 0.15) is 23.2 Å². The van der Waals surface area contributed by atoms with E-state index in [1.807, 2.05) is 0 Å². The number of benzene rings is 1. The van der Waals surface area contributed by atoms with Gasteiger partial charge in [0.25, 0.3) is 15.0 Å². The lowest BCUT2D eigenvalue weighted by molar-refractivity contribution is 0.0784. The van der Waals surface area contributed by atoms with Crippen LogP contribution < -0.4 is 0 Å². The summed E-state index contributed by atoms with van der Waals surface area (Å²) in [6.45, 7) is 0. The highest BCUT2D eigenvalue weighted by Crippen LogP contribution is 2.37. The molecule has 1 amide bonds. The number of hydrogen-bond acceptors (Lipinski definition) is 3. The summed E-state index contributed by atoms with van der Waals surface area (Å²) in [5.41, 5.74) is -0.276. The van der Waals surface area contributed by atoms with Crippen molar-refractivity contribution in [1.29, 1.82) is 0 Å². The highest BCUT2D eigenvalue weighted by atomic mass is 35.7. The third-order valence-electron chi connectivity index (χ3n) is 3.01. The first kappa shape index (κ1) is 15.8. The molecule has 1 aliphatic carbocycles. The minimum absolute atomic E-state index is 0.0633. The average Bonchev–Trinajstić information content (AvgIpc) is 3.14. The van der Waals surface area contributed by atoms with Crippen LogP contribution in [-0.2, 0) is 9.05 Å². The summed E-state index contributed by atoms with van der Waals surface area (Å²) < 4.78 is 36.6. The number of carbonyl (C=O) groups excluding carboxylic acids is 1. The van der Waals surface area contributed by atoms with E-state index in [4.69, 9.17) is 33.9 Å². The molecule has 1 saturated carbocycles. The first-order valence-corrected chi connectivity index (χ1v) is 8.60. The Hall–Kier alpha value is -0.560. The number of hydrogen-bond donors (Lipinski definition) is 0. The van der Waals surface area contributed by atoms with Crippen molar-refractivity contribution < 1.29 is 17.6 Å². The zero-order valence-electron chi connectivity index (χ0n) is 10.2. The predicted molar refractivity (Wildman–Crippen MR) is 74.6 cm³/mol. The van der Waals surface area contributed by atoms with E-state index in [0.717, 1.165) is 18.9 Å². The Balaban J connectivity index is 2.60. The highest BCUT2D eigenvalue weighted by Gasteiger charge is 2.33. The minimum atomic E-state index is -4.38. The second-order valence-electron chi connectivity index (χ2n) is 4.45. The summed E-state index contributed by atoms with van der Waals surface area (Å²) in [7, 11) is 2.35. The molecule has 0 N–H and O–H groups in total. The van der Waals surface area contributed by atoms with Gasteiger partial charge in [0.1, 0.15) is 10.7 Å². The first-order valence-electron chi connectivity index (χ1n) is 5.54. The van der Waals surface area contributed by atoms with E-state index >= 15 is 0 Å². The molecule has 0 aromatic heterocycles. The Morgan fingerprint density at radius 2 is 1.90 bits per heavy atom. The number of carbonyl (C=O) groups is 1. The molecule has 1 fully saturated rings. The molecule has 0 bridgehead atoms. The van der Waals surface area contributed by atoms with Gasteiger partial charge in [-0.15, -0.1) is 0 Å². The summed E-state index contributed by atoms with van der Waals surface area (Å²) >= 11 is 11.4. The van der Waals surface area contributed by atoms with Gasteiger partial charge in [-0.1, -0.05) is 23.2 Å². The van der Waals surface area contributed by atoms with Crippen LogP contribution in [0.4, 0.5) is 4.39 Å². The van der Waals surface area contributed by atoms with E-state index in [1.165, 1.54) is 11.9 Å². The molecule has 0 atom stereocenters. The van der Waals surface area contributed by atoms with Crippen molar-refractivity contribution in [3.63, 3.8) is 0 Å². The lowest BCUT2D eigenvalue weighted by atomic mass is 10.2. The Morgan fingerprint density at radius 1 is 1.35 bits per heavy atom. The van der Waals surface area contributed by atoms with Crippen molar-refractivity contribution in [2.45, 2.75) is 23.8 Å². The molecule has 9 heteroatoms. The van der Waals surface area contributed by atoms with E-state index in [9.17, 15) is 17.6 Å². The Morgan fingerprint density at radius 3 is 2.35 bits per heavy atom. The van der Waals surface area contributed by atoms with E-state index in [-0.39, 0.29) is 11.6 Å². The molecule has 0 radical (unpaired) electrons. The van der Waals surface area contributed by atoms with Crippen LogP contribution in [0, 0.1) is 5.82 Å². The maximum atomic E-state index is 13.7. The zero-order chi connectivity index (χ0) is 15.2.